The lowest BCUT2D eigenvalue weighted by Gasteiger charge is -2.11. The van der Waals surface area contributed by atoms with Gasteiger partial charge in [0.2, 0.25) is 0 Å². The number of rotatable bonds is 2. The van der Waals surface area contributed by atoms with Crippen molar-refractivity contribution in [3.05, 3.63) is 52.6 Å². The van der Waals surface area contributed by atoms with Gasteiger partial charge in [-0.25, -0.2) is 4.98 Å². The summed E-state index contributed by atoms with van der Waals surface area (Å²) < 4.78 is 0.992. The molecule has 0 fully saturated rings. The lowest BCUT2D eigenvalue weighted by atomic mass is 10.1. The molecule has 1 aromatic heterocycles. The standard InChI is InChI=1S/C12H12BrN2/c1-9-7-11(13)12(14-8-9)15-10-5-3-2-4-6-10/h2-3,5-8H,4H2,1H3,(H,14,15). The van der Waals surface area contributed by atoms with Crippen LogP contribution in [-0.2, 0) is 0 Å². The van der Waals surface area contributed by atoms with Gasteiger partial charge in [-0.3, -0.25) is 0 Å². The van der Waals surface area contributed by atoms with Crippen LogP contribution in [0, 0.1) is 13.3 Å². The molecule has 0 aliphatic heterocycles. The van der Waals surface area contributed by atoms with E-state index in [1.807, 2.05) is 25.3 Å². The summed E-state index contributed by atoms with van der Waals surface area (Å²) in [6, 6.07) is 2.05. The maximum atomic E-state index is 4.33. The van der Waals surface area contributed by atoms with E-state index < -0.39 is 0 Å². The zero-order chi connectivity index (χ0) is 10.7. The number of aromatic nitrogens is 1. The molecule has 0 amide bonds. The number of hydrogen-bond acceptors (Lipinski definition) is 2. The van der Waals surface area contributed by atoms with Crippen molar-refractivity contribution < 1.29 is 0 Å². The second-order valence-corrected chi connectivity index (χ2v) is 4.31. The van der Waals surface area contributed by atoms with Crippen molar-refractivity contribution in [1.82, 2.24) is 4.98 Å². The van der Waals surface area contributed by atoms with Gasteiger partial charge in [0.1, 0.15) is 5.82 Å². The van der Waals surface area contributed by atoms with Crippen molar-refractivity contribution in [3.8, 4) is 0 Å². The Morgan fingerprint density at radius 1 is 1.47 bits per heavy atom. The quantitative estimate of drug-likeness (QED) is 0.882. The summed E-state index contributed by atoms with van der Waals surface area (Å²) in [4.78, 5) is 4.33. The highest BCUT2D eigenvalue weighted by molar-refractivity contribution is 9.10. The van der Waals surface area contributed by atoms with Gasteiger partial charge in [0.05, 0.1) is 4.47 Å². The molecule has 0 atom stereocenters. The predicted molar refractivity (Wildman–Crippen MR) is 66.4 cm³/mol. The topological polar surface area (TPSA) is 24.9 Å². The van der Waals surface area contributed by atoms with Crippen LogP contribution in [0.3, 0.4) is 0 Å². The molecular weight excluding hydrogens is 252 g/mol. The average molecular weight is 264 g/mol. The van der Waals surface area contributed by atoms with E-state index in [1.54, 1.807) is 0 Å². The van der Waals surface area contributed by atoms with E-state index in [1.165, 1.54) is 0 Å². The summed E-state index contributed by atoms with van der Waals surface area (Å²) in [5.74, 6) is 0.860. The molecule has 2 nitrogen and oxygen atoms in total. The van der Waals surface area contributed by atoms with Crippen LogP contribution in [0.25, 0.3) is 0 Å². The summed E-state index contributed by atoms with van der Waals surface area (Å²) >= 11 is 3.49. The van der Waals surface area contributed by atoms with Crippen molar-refractivity contribution in [3.63, 3.8) is 0 Å². The molecule has 1 aromatic rings. The molecule has 0 saturated heterocycles. The average Bonchev–Trinajstić information content (AvgIpc) is 2.24. The van der Waals surface area contributed by atoms with E-state index in [-0.39, 0.29) is 0 Å². The molecular formula is C12H12BrN2. The number of halogens is 1. The maximum Gasteiger partial charge on any atom is 0.144 e. The fourth-order valence-corrected chi connectivity index (χ4v) is 1.93. The summed E-state index contributed by atoms with van der Waals surface area (Å²) in [6.07, 6.45) is 11.2. The van der Waals surface area contributed by atoms with Crippen LogP contribution in [0.1, 0.15) is 12.0 Å². The molecule has 1 aliphatic carbocycles. The summed E-state index contributed by atoms with van der Waals surface area (Å²) in [6.45, 7) is 2.02. The smallest absolute Gasteiger partial charge is 0.144 e. The number of hydrogen-bond donors (Lipinski definition) is 1. The van der Waals surface area contributed by atoms with Crippen molar-refractivity contribution in [2.45, 2.75) is 13.3 Å². The summed E-state index contributed by atoms with van der Waals surface area (Å²) in [7, 11) is 0. The maximum absolute atomic E-state index is 4.33. The van der Waals surface area contributed by atoms with Crippen LogP contribution in [0.15, 0.2) is 40.7 Å². The third-order valence-corrected chi connectivity index (χ3v) is 2.73. The van der Waals surface area contributed by atoms with E-state index in [4.69, 9.17) is 0 Å². The molecule has 2 rings (SSSR count). The molecule has 0 saturated carbocycles. The first kappa shape index (κ1) is 10.4. The highest BCUT2D eigenvalue weighted by Crippen LogP contribution is 2.22. The van der Waals surface area contributed by atoms with E-state index in [0.29, 0.717) is 0 Å². The number of nitrogens with one attached hydrogen (secondary N) is 1. The minimum atomic E-state index is 0.860. The van der Waals surface area contributed by atoms with Gasteiger partial charge in [-0.1, -0.05) is 12.2 Å². The van der Waals surface area contributed by atoms with Gasteiger partial charge < -0.3 is 5.32 Å². The van der Waals surface area contributed by atoms with Crippen molar-refractivity contribution in [2.24, 2.45) is 0 Å². The van der Waals surface area contributed by atoms with Gasteiger partial charge >= 0.3 is 0 Å². The number of anilines is 1. The fourth-order valence-electron chi connectivity index (χ4n) is 1.37. The normalized spacial score (nSPS) is 14.9. The molecule has 0 unspecified atom stereocenters. The van der Waals surface area contributed by atoms with E-state index >= 15 is 0 Å². The first-order chi connectivity index (χ1) is 7.25. The molecule has 3 heteroatoms. The number of aryl methyl sites for hydroxylation is 1. The second-order valence-electron chi connectivity index (χ2n) is 3.46. The van der Waals surface area contributed by atoms with E-state index in [0.717, 1.165) is 28.0 Å². The van der Waals surface area contributed by atoms with Crippen LogP contribution >= 0.6 is 15.9 Å². The Balaban J connectivity index is 2.17. The van der Waals surface area contributed by atoms with Gasteiger partial charge in [-0.2, -0.15) is 0 Å². The number of allylic oxidation sites excluding steroid dienone is 3. The third-order valence-electron chi connectivity index (χ3n) is 2.13. The monoisotopic (exact) mass is 263 g/mol. The SMILES string of the molecule is Cc1cnc(NC2=CC[CH]C=C2)c(Br)c1. The van der Waals surface area contributed by atoms with Crippen LogP contribution in [0.5, 0.6) is 0 Å². The predicted octanol–water partition coefficient (Wildman–Crippen LogP) is 3.61. The van der Waals surface area contributed by atoms with E-state index in [2.05, 4.69) is 44.8 Å². The number of pyridine rings is 1. The molecule has 15 heavy (non-hydrogen) atoms. The third kappa shape index (κ3) is 2.69. The zero-order valence-corrected chi connectivity index (χ0v) is 10.1. The molecule has 0 aromatic carbocycles. The zero-order valence-electron chi connectivity index (χ0n) is 8.50. The Labute approximate surface area is 98.2 Å². The van der Waals surface area contributed by atoms with Gasteiger partial charge in [-0.15, -0.1) is 0 Å². The Bertz CT molecular complexity index is 422. The Kier molecular flexibility index (Phi) is 3.21. The van der Waals surface area contributed by atoms with Crippen LogP contribution in [0.4, 0.5) is 5.82 Å². The first-order valence-electron chi connectivity index (χ1n) is 4.85. The molecule has 0 bridgehead atoms. The Morgan fingerprint density at radius 3 is 3.00 bits per heavy atom. The minimum Gasteiger partial charge on any atom is -0.340 e. The van der Waals surface area contributed by atoms with E-state index in [9.17, 15) is 0 Å². The van der Waals surface area contributed by atoms with Gasteiger partial charge in [-0.05, 0) is 53.4 Å². The van der Waals surface area contributed by atoms with Crippen molar-refractivity contribution >= 4 is 21.7 Å². The molecule has 1 radical (unpaired) electrons. The van der Waals surface area contributed by atoms with Gasteiger partial charge in [0, 0.05) is 11.9 Å². The lowest BCUT2D eigenvalue weighted by molar-refractivity contribution is 1.18. The molecule has 1 heterocycles. The Hall–Kier alpha value is -1.09. The molecule has 77 valence electrons. The molecule has 0 spiro atoms. The van der Waals surface area contributed by atoms with Crippen molar-refractivity contribution in [2.75, 3.05) is 5.32 Å². The van der Waals surface area contributed by atoms with Crippen LogP contribution in [-0.4, -0.2) is 4.98 Å². The fraction of sp³-hybridized carbons (Fsp3) is 0.167. The summed E-state index contributed by atoms with van der Waals surface area (Å²) in [5, 5.41) is 3.27. The summed E-state index contributed by atoms with van der Waals surface area (Å²) in [5.41, 5.74) is 2.24. The molecule has 1 aliphatic rings. The van der Waals surface area contributed by atoms with Gasteiger partial charge in [0.25, 0.3) is 0 Å². The number of nitrogens with zero attached hydrogens (tertiary/aromatic N) is 1. The largest absolute Gasteiger partial charge is 0.340 e. The second kappa shape index (κ2) is 4.62. The molecule has 1 N–H and O–H groups in total. The van der Waals surface area contributed by atoms with Crippen LogP contribution in [0.2, 0.25) is 0 Å². The van der Waals surface area contributed by atoms with Crippen LogP contribution < -0.4 is 5.32 Å². The highest BCUT2D eigenvalue weighted by atomic mass is 79.9. The first-order valence-corrected chi connectivity index (χ1v) is 5.64. The lowest BCUT2D eigenvalue weighted by Crippen LogP contribution is -2.02. The Morgan fingerprint density at radius 2 is 2.33 bits per heavy atom. The minimum absolute atomic E-state index is 0.860. The van der Waals surface area contributed by atoms with Gasteiger partial charge in [0.15, 0.2) is 0 Å². The highest BCUT2D eigenvalue weighted by Gasteiger charge is 2.03. The van der Waals surface area contributed by atoms with Crippen molar-refractivity contribution in [1.29, 1.82) is 0 Å².